The third kappa shape index (κ3) is 4.92. The SMILES string of the molecule is Cc1ccccc1C(=O)NCCC(=O)NCc1ccccc1F. The molecule has 0 radical (unpaired) electrons. The van der Waals surface area contributed by atoms with E-state index in [0.717, 1.165) is 5.56 Å². The average molecular weight is 314 g/mol. The first kappa shape index (κ1) is 16.7. The number of nitrogens with one attached hydrogen (secondary N) is 2. The second-order valence-corrected chi connectivity index (χ2v) is 5.19. The number of halogens is 1. The van der Waals surface area contributed by atoms with Crippen LogP contribution in [-0.4, -0.2) is 18.4 Å². The largest absolute Gasteiger partial charge is 0.352 e. The van der Waals surface area contributed by atoms with Gasteiger partial charge in [-0.25, -0.2) is 4.39 Å². The van der Waals surface area contributed by atoms with Crippen molar-refractivity contribution in [2.45, 2.75) is 19.9 Å². The van der Waals surface area contributed by atoms with E-state index in [9.17, 15) is 14.0 Å². The summed E-state index contributed by atoms with van der Waals surface area (Å²) in [5.41, 5.74) is 1.91. The van der Waals surface area contributed by atoms with Gasteiger partial charge >= 0.3 is 0 Å². The molecule has 5 heteroatoms. The maximum absolute atomic E-state index is 13.4. The van der Waals surface area contributed by atoms with Crippen molar-refractivity contribution in [3.8, 4) is 0 Å². The van der Waals surface area contributed by atoms with Crippen LogP contribution in [0.3, 0.4) is 0 Å². The number of hydrogen-bond acceptors (Lipinski definition) is 2. The Morgan fingerprint density at radius 3 is 2.43 bits per heavy atom. The lowest BCUT2D eigenvalue weighted by Crippen LogP contribution is -2.31. The molecule has 0 heterocycles. The van der Waals surface area contributed by atoms with Gasteiger partial charge in [0.25, 0.3) is 5.91 Å². The van der Waals surface area contributed by atoms with Crippen LogP contribution in [0, 0.1) is 12.7 Å². The average Bonchev–Trinajstić information content (AvgIpc) is 2.54. The normalized spacial score (nSPS) is 10.2. The van der Waals surface area contributed by atoms with Crippen molar-refractivity contribution in [3.63, 3.8) is 0 Å². The molecule has 4 nitrogen and oxygen atoms in total. The van der Waals surface area contributed by atoms with E-state index in [1.165, 1.54) is 6.07 Å². The number of amides is 2. The molecule has 0 unspecified atom stereocenters. The predicted octanol–water partition coefficient (Wildman–Crippen LogP) is 2.57. The first-order valence-electron chi connectivity index (χ1n) is 7.42. The number of hydrogen-bond donors (Lipinski definition) is 2. The summed E-state index contributed by atoms with van der Waals surface area (Å²) in [5, 5.41) is 5.34. The van der Waals surface area contributed by atoms with E-state index in [1.54, 1.807) is 30.3 Å². The molecule has 2 amide bonds. The van der Waals surface area contributed by atoms with Crippen molar-refractivity contribution >= 4 is 11.8 Å². The van der Waals surface area contributed by atoms with E-state index < -0.39 is 0 Å². The van der Waals surface area contributed by atoms with E-state index in [0.29, 0.717) is 11.1 Å². The summed E-state index contributed by atoms with van der Waals surface area (Å²) in [4.78, 5) is 23.7. The third-order valence-electron chi connectivity index (χ3n) is 3.46. The Labute approximate surface area is 134 Å². The van der Waals surface area contributed by atoms with Crippen molar-refractivity contribution in [1.29, 1.82) is 0 Å². The van der Waals surface area contributed by atoms with Crippen molar-refractivity contribution < 1.29 is 14.0 Å². The lowest BCUT2D eigenvalue weighted by atomic mass is 10.1. The fourth-order valence-electron chi connectivity index (χ4n) is 2.14. The van der Waals surface area contributed by atoms with Gasteiger partial charge in [-0.05, 0) is 24.6 Å². The van der Waals surface area contributed by atoms with Gasteiger partial charge in [0.15, 0.2) is 0 Å². The quantitative estimate of drug-likeness (QED) is 0.861. The Kier molecular flexibility index (Phi) is 5.86. The van der Waals surface area contributed by atoms with E-state index in [1.807, 2.05) is 19.1 Å². The van der Waals surface area contributed by atoms with Gasteiger partial charge in [0, 0.05) is 30.6 Å². The molecule has 0 spiro atoms. The summed E-state index contributed by atoms with van der Waals surface area (Å²) in [5.74, 6) is -0.788. The molecule has 0 fully saturated rings. The summed E-state index contributed by atoms with van der Waals surface area (Å²) >= 11 is 0. The number of carbonyl (C=O) groups excluding carboxylic acids is 2. The monoisotopic (exact) mass is 314 g/mol. The molecule has 2 N–H and O–H groups in total. The van der Waals surface area contributed by atoms with Gasteiger partial charge in [-0.3, -0.25) is 9.59 Å². The fourth-order valence-corrected chi connectivity index (χ4v) is 2.14. The Bertz CT molecular complexity index is 701. The molecule has 0 aliphatic rings. The minimum Gasteiger partial charge on any atom is -0.352 e. The second-order valence-electron chi connectivity index (χ2n) is 5.19. The van der Waals surface area contributed by atoms with Crippen molar-refractivity contribution in [1.82, 2.24) is 10.6 Å². The van der Waals surface area contributed by atoms with Crippen molar-refractivity contribution in [2.24, 2.45) is 0 Å². The zero-order valence-electron chi connectivity index (χ0n) is 12.9. The Morgan fingerprint density at radius 1 is 1.00 bits per heavy atom. The van der Waals surface area contributed by atoms with Gasteiger partial charge in [-0.1, -0.05) is 36.4 Å². The molecule has 2 rings (SSSR count). The van der Waals surface area contributed by atoms with E-state index in [2.05, 4.69) is 10.6 Å². The van der Waals surface area contributed by atoms with Crippen LogP contribution in [0.5, 0.6) is 0 Å². The van der Waals surface area contributed by atoms with Crippen LogP contribution in [0.2, 0.25) is 0 Å². The molecule has 0 saturated carbocycles. The summed E-state index contributed by atoms with van der Waals surface area (Å²) in [6.07, 6.45) is 0.145. The predicted molar refractivity (Wildman–Crippen MR) is 86.4 cm³/mol. The Hall–Kier alpha value is -2.69. The second kappa shape index (κ2) is 8.08. The van der Waals surface area contributed by atoms with Crippen molar-refractivity contribution in [2.75, 3.05) is 6.54 Å². The molecule has 0 aliphatic carbocycles. The third-order valence-corrected chi connectivity index (χ3v) is 3.46. The zero-order chi connectivity index (χ0) is 16.7. The highest BCUT2D eigenvalue weighted by molar-refractivity contribution is 5.95. The summed E-state index contributed by atoms with van der Waals surface area (Å²) in [7, 11) is 0. The highest BCUT2D eigenvalue weighted by Crippen LogP contribution is 2.07. The van der Waals surface area contributed by atoms with Crippen LogP contribution in [0.25, 0.3) is 0 Å². The Morgan fingerprint density at radius 2 is 1.70 bits per heavy atom. The number of rotatable bonds is 6. The van der Waals surface area contributed by atoms with Gasteiger partial charge in [0.05, 0.1) is 0 Å². The molecule has 2 aromatic carbocycles. The topological polar surface area (TPSA) is 58.2 Å². The molecule has 0 aromatic heterocycles. The molecule has 0 aliphatic heterocycles. The summed E-state index contributed by atoms with van der Waals surface area (Å²) < 4.78 is 13.4. The molecule has 0 atom stereocenters. The van der Waals surface area contributed by atoms with E-state index >= 15 is 0 Å². The van der Waals surface area contributed by atoms with Gasteiger partial charge in [0.2, 0.25) is 5.91 Å². The molecule has 0 bridgehead atoms. The molecule has 23 heavy (non-hydrogen) atoms. The Balaban J connectivity index is 1.74. The standard InChI is InChI=1S/C18H19FN2O2/c1-13-6-2-4-8-15(13)18(23)20-11-10-17(22)21-12-14-7-3-5-9-16(14)19/h2-9H,10-12H2,1H3,(H,20,23)(H,21,22). The van der Waals surface area contributed by atoms with Gasteiger partial charge in [-0.2, -0.15) is 0 Å². The van der Waals surface area contributed by atoms with Crippen LogP contribution in [0.4, 0.5) is 4.39 Å². The lowest BCUT2D eigenvalue weighted by Gasteiger charge is -2.08. The fraction of sp³-hybridized carbons (Fsp3) is 0.222. The summed E-state index contributed by atoms with van der Waals surface area (Å²) in [6.45, 7) is 2.23. The minimum atomic E-state index is -0.347. The first-order chi connectivity index (χ1) is 11.1. The molecular weight excluding hydrogens is 295 g/mol. The lowest BCUT2D eigenvalue weighted by molar-refractivity contribution is -0.121. The van der Waals surface area contributed by atoms with Crippen LogP contribution in [-0.2, 0) is 11.3 Å². The highest BCUT2D eigenvalue weighted by Gasteiger charge is 2.09. The minimum absolute atomic E-state index is 0.136. The van der Waals surface area contributed by atoms with E-state index in [-0.39, 0.29) is 37.1 Å². The van der Waals surface area contributed by atoms with E-state index in [4.69, 9.17) is 0 Å². The number of carbonyl (C=O) groups is 2. The van der Waals surface area contributed by atoms with Crippen LogP contribution >= 0.6 is 0 Å². The summed E-state index contributed by atoms with van der Waals surface area (Å²) in [6, 6.07) is 13.5. The van der Waals surface area contributed by atoms with Crippen LogP contribution < -0.4 is 10.6 Å². The maximum atomic E-state index is 13.4. The molecular formula is C18H19FN2O2. The first-order valence-corrected chi connectivity index (χ1v) is 7.42. The van der Waals surface area contributed by atoms with Crippen molar-refractivity contribution in [3.05, 3.63) is 71.0 Å². The van der Waals surface area contributed by atoms with Gasteiger partial charge in [0.1, 0.15) is 5.82 Å². The molecule has 0 saturated heterocycles. The van der Waals surface area contributed by atoms with Gasteiger partial charge in [-0.15, -0.1) is 0 Å². The molecule has 2 aromatic rings. The maximum Gasteiger partial charge on any atom is 0.251 e. The zero-order valence-corrected chi connectivity index (χ0v) is 12.9. The molecule has 120 valence electrons. The van der Waals surface area contributed by atoms with Gasteiger partial charge < -0.3 is 10.6 Å². The smallest absolute Gasteiger partial charge is 0.251 e. The van der Waals surface area contributed by atoms with Crippen LogP contribution in [0.15, 0.2) is 48.5 Å². The number of aryl methyl sites for hydroxylation is 1. The number of benzene rings is 2. The van der Waals surface area contributed by atoms with Crippen LogP contribution in [0.1, 0.15) is 27.9 Å². The highest BCUT2D eigenvalue weighted by atomic mass is 19.1.